The van der Waals surface area contributed by atoms with Crippen molar-refractivity contribution in [2.75, 3.05) is 6.61 Å². The Hall–Kier alpha value is -3.33. The van der Waals surface area contributed by atoms with Crippen LogP contribution in [0.25, 0.3) is 11.1 Å². The van der Waals surface area contributed by atoms with E-state index in [0.29, 0.717) is 24.9 Å². The lowest BCUT2D eigenvalue weighted by atomic mass is 9.93. The SMILES string of the molecule is CCC(C)CC(C)CC(=O)OCC1c2ccccc2-c2ccccc21.O=C=O.O=C=O. The zero-order chi connectivity index (χ0) is 23.2. The molecule has 0 saturated carbocycles. The molecule has 164 valence electrons. The Kier molecular flexibility index (Phi) is 11.5. The van der Waals surface area contributed by atoms with Gasteiger partial charge in [-0.15, -0.1) is 0 Å². The van der Waals surface area contributed by atoms with Gasteiger partial charge in [-0.1, -0.05) is 75.7 Å². The number of benzene rings is 2. The van der Waals surface area contributed by atoms with E-state index < -0.39 is 0 Å². The molecule has 0 aliphatic heterocycles. The van der Waals surface area contributed by atoms with Gasteiger partial charge in [-0.3, -0.25) is 4.79 Å². The topological polar surface area (TPSA) is 94.6 Å². The molecule has 0 amide bonds. The number of hydrogen-bond donors (Lipinski definition) is 0. The Bertz CT molecular complexity index is 850. The maximum absolute atomic E-state index is 12.3. The van der Waals surface area contributed by atoms with Crippen molar-refractivity contribution in [3.8, 4) is 11.1 Å². The van der Waals surface area contributed by atoms with E-state index in [4.69, 9.17) is 23.9 Å². The largest absolute Gasteiger partial charge is 0.465 e. The van der Waals surface area contributed by atoms with Gasteiger partial charge in [0.2, 0.25) is 0 Å². The molecule has 0 fully saturated rings. The third kappa shape index (κ3) is 7.78. The van der Waals surface area contributed by atoms with E-state index in [1.54, 1.807) is 0 Å². The summed E-state index contributed by atoms with van der Waals surface area (Å²) < 4.78 is 5.69. The van der Waals surface area contributed by atoms with Crippen LogP contribution in [0.2, 0.25) is 0 Å². The first-order valence-corrected chi connectivity index (χ1v) is 10.3. The van der Waals surface area contributed by atoms with Crippen LogP contribution in [0.5, 0.6) is 0 Å². The minimum absolute atomic E-state index is 0.0716. The van der Waals surface area contributed by atoms with Crippen LogP contribution in [-0.2, 0) is 28.7 Å². The summed E-state index contributed by atoms with van der Waals surface area (Å²) in [5.74, 6) is 1.13. The van der Waals surface area contributed by atoms with Crippen LogP contribution in [0.3, 0.4) is 0 Å². The van der Waals surface area contributed by atoms with Crippen LogP contribution in [0.1, 0.15) is 57.1 Å². The van der Waals surface area contributed by atoms with E-state index in [1.807, 2.05) is 0 Å². The van der Waals surface area contributed by atoms with E-state index >= 15 is 0 Å². The molecule has 31 heavy (non-hydrogen) atoms. The summed E-state index contributed by atoms with van der Waals surface area (Å²) in [6, 6.07) is 16.9. The van der Waals surface area contributed by atoms with Gasteiger partial charge >= 0.3 is 18.3 Å². The normalized spacial score (nSPS) is 12.9. The molecule has 0 bridgehead atoms. The van der Waals surface area contributed by atoms with Crippen LogP contribution in [0, 0.1) is 11.8 Å². The molecule has 0 spiro atoms. The van der Waals surface area contributed by atoms with Gasteiger partial charge in [0.25, 0.3) is 0 Å². The maximum Gasteiger partial charge on any atom is 0.373 e. The highest BCUT2D eigenvalue weighted by Crippen LogP contribution is 2.44. The van der Waals surface area contributed by atoms with Crippen LogP contribution >= 0.6 is 0 Å². The van der Waals surface area contributed by atoms with Crippen molar-refractivity contribution in [2.45, 2.75) is 46.0 Å². The Morgan fingerprint density at radius 2 is 1.32 bits per heavy atom. The zero-order valence-corrected chi connectivity index (χ0v) is 18.1. The Labute approximate surface area is 182 Å². The molecule has 2 aromatic rings. The number of ether oxygens (including phenoxy) is 1. The predicted octanol–water partition coefficient (Wildman–Crippen LogP) is 4.64. The van der Waals surface area contributed by atoms with Crippen molar-refractivity contribution in [3.63, 3.8) is 0 Å². The van der Waals surface area contributed by atoms with Gasteiger partial charge in [0, 0.05) is 12.3 Å². The monoisotopic (exact) mass is 424 g/mol. The Morgan fingerprint density at radius 1 is 0.871 bits per heavy atom. The molecule has 6 nitrogen and oxygen atoms in total. The van der Waals surface area contributed by atoms with Crippen molar-refractivity contribution < 1.29 is 28.7 Å². The molecule has 6 heteroatoms. The fourth-order valence-electron chi connectivity index (χ4n) is 3.90. The molecule has 2 unspecified atom stereocenters. The first-order chi connectivity index (χ1) is 14.9. The molecule has 0 aromatic heterocycles. The molecule has 2 aromatic carbocycles. The van der Waals surface area contributed by atoms with E-state index in [1.165, 1.54) is 22.3 Å². The zero-order valence-electron chi connectivity index (χ0n) is 18.1. The van der Waals surface area contributed by atoms with Gasteiger partial charge in [0.05, 0.1) is 0 Å². The van der Waals surface area contributed by atoms with Crippen molar-refractivity contribution in [2.24, 2.45) is 11.8 Å². The van der Waals surface area contributed by atoms with Crippen LogP contribution in [0.15, 0.2) is 48.5 Å². The third-order valence-corrected chi connectivity index (χ3v) is 5.39. The molecule has 0 N–H and O–H groups in total. The third-order valence-electron chi connectivity index (χ3n) is 5.39. The smallest absolute Gasteiger partial charge is 0.373 e. The summed E-state index contributed by atoms with van der Waals surface area (Å²) in [5.41, 5.74) is 5.07. The molecule has 0 radical (unpaired) electrons. The lowest BCUT2D eigenvalue weighted by molar-refractivity contribution is -0.193. The minimum Gasteiger partial charge on any atom is -0.465 e. The van der Waals surface area contributed by atoms with E-state index in [0.717, 1.165) is 12.8 Å². The van der Waals surface area contributed by atoms with E-state index in [9.17, 15) is 4.79 Å². The van der Waals surface area contributed by atoms with Gasteiger partial charge in [0.1, 0.15) is 6.61 Å². The van der Waals surface area contributed by atoms with E-state index in [2.05, 4.69) is 69.3 Å². The number of carbonyl (C=O) groups excluding carboxylic acids is 5. The first kappa shape index (κ1) is 25.7. The predicted molar refractivity (Wildman–Crippen MR) is 113 cm³/mol. The highest BCUT2D eigenvalue weighted by Gasteiger charge is 2.29. The van der Waals surface area contributed by atoms with Crippen molar-refractivity contribution in [1.29, 1.82) is 0 Å². The standard InChI is InChI=1S/C23H28O2.2CO2/c1-4-16(2)13-17(3)14-23(24)25-15-22-20-11-7-5-9-18(20)19-10-6-8-12-21(19)22;2*2-1-3/h5-12,16-17,22H,4,13-15H2,1-3H3;;. The molecule has 1 aliphatic rings. The first-order valence-electron chi connectivity index (χ1n) is 10.3. The van der Waals surface area contributed by atoms with Gasteiger partial charge in [0.15, 0.2) is 0 Å². The fourth-order valence-corrected chi connectivity index (χ4v) is 3.90. The highest BCUT2D eigenvalue weighted by atomic mass is 16.5. The Balaban J connectivity index is 0.000000720. The molecule has 0 saturated heterocycles. The molecular formula is C25H28O6. The minimum atomic E-state index is -0.0716. The average Bonchev–Trinajstić information content (AvgIpc) is 3.07. The summed E-state index contributed by atoms with van der Waals surface area (Å²) in [6.07, 6.45) is 3.26. The van der Waals surface area contributed by atoms with Crippen molar-refractivity contribution >= 4 is 18.3 Å². The lowest BCUT2D eigenvalue weighted by Crippen LogP contribution is -2.15. The van der Waals surface area contributed by atoms with Gasteiger partial charge in [-0.2, -0.15) is 19.2 Å². The number of fused-ring (bicyclic) bond motifs is 3. The number of esters is 1. The van der Waals surface area contributed by atoms with Crippen LogP contribution in [0.4, 0.5) is 0 Å². The number of hydrogen-bond acceptors (Lipinski definition) is 6. The van der Waals surface area contributed by atoms with Gasteiger partial charge in [-0.05, 0) is 40.5 Å². The quantitative estimate of drug-likeness (QED) is 0.601. The van der Waals surface area contributed by atoms with Gasteiger partial charge in [-0.25, -0.2) is 0 Å². The summed E-state index contributed by atoms with van der Waals surface area (Å²) in [4.78, 5) is 44.8. The molecule has 3 rings (SSSR count). The highest BCUT2D eigenvalue weighted by molar-refractivity contribution is 5.79. The van der Waals surface area contributed by atoms with Crippen molar-refractivity contribution in [3.05, 3.63) is 59.7 Å². The summed E-state index contributed by atoms with van der Waals surface area (Å²) in [5, 5.41) is 0. The van der Waals surface area contributed by atoms with Crippen LogP contribution in [-0.4, -0.2) is 24.9 Å². The fraction of sp³-hybridized carbons (Fsp3) is 0.400. The number of rotatable bonds is 7. The second-order valence-electron chi connectivity index (χ2n) is 7.64. The Morgan fingerprint density at radius 3 is 1.77 bits per heavy atom. The molecule has 0 heterocycles. The second kappa shape index (κ2) is 13.8. The van der Waals surface area contributed by atoms with E-state index in [-0.39, 0.29) is 24.2 Å². The lowest BCUT2D eigenvalue weighted by Gasteiger charge is -2.17. The average molecular weight is 424 g/mol. The summed E-state index contributed by atoms with van der Waals surface area (Å²) in [6.45, 7) is 7.02. The summed E-state index contributed by atoms with van der Waals surface area (Å²) in [7, 11) is 0. The maximum atomic E-state index is 12.3. The molecule has 1 aliphatic carbocycles. The van der Waals surface area contributed by atoms with Gasteiger partial charge < -0.3 is 4.74 Å². The molecular weight excluding hydrogens is 396 g/mol. The second-order valence-corrected chi connectivity index (χ2v) is 7.64. The van der Waals surface area contributed by atoms with Crippen LogP contribution < -0.4 is 0 Å². The molecule has 2 atom stereocenters. The van der Waals surface area contributed by atoms with Crippen molar-refractivity contribution in [1.82, 2.24) is 0 Å². The summed E-state index contributed by atoms with van der Waals surface area (Å²) >= 11 is 0. The number of carbonyl (C=O) groups is 1.